The number of rotatable bonds is 3. The lowest BCUT2D eigenvalue weighted by molar-refractivity contribution is 0.0740. The van der Waals surface area contributed by atoms with Gasteiger partial charge in [0.05, 0.1) is 11.9 Å². The number of aromatic nitrogens is 4. The highest BCUT2D eigenvalue weighted by Crippen LogP contribution is 2.27. The van der Waals surface area contributed by atoms with Crippen molar-refractivity contribution in [1.82, 2.24) is 24.5 Å². The summed E-state index contributed by atoms with van der Waals surface area (Å²) in [4.78, 5) is 37.3. The Bertz CT molecular complexity index is 1550. The molecule has 1 amide bonds. The molecule has 34 heavy (non-hydrogen) atoms. The van der Waals surface area contributed by atoms with Crippen LogP contribution in [0.2, 0.25) is 0 Å². The maximum absolute atomic E-state index is 13.2. The number of piperazine rings is 1. The average molecular weight is 475 g/mol. The fourth-order valence-corrected chi connectivity index (χ4v) is 5.11. The monoisotopic (exact) mass is 474 g/mol. The van der Waals surface area contributed by atoms with Crippen molar-refractivity contribution in [2.75, 3.05) is 31.1 Å². The minimum absolute atomic E-state index is 0.180. The summed E-state index contributed by atoms with van der Waals surface area (Å²) in [6.07, 6.45) is 1.83. The van der Waals surface area contributed by atoms with Gasteiger partial charge in [0, 0.05) is 37.1 Å². The van der Waals surface area contributed by atoms with E-state index in [2.05, 4.69) is 20.0 Å². The van der Waals surface area contributed by atoms with Gasteiger partial charge in [0.2, 0.25) is 10.1 Å². The molecule has 3 aromatic heterocycles. The van der Waals surface area contributed by atoms with Crippen molar-refractivity contribution >= 4 is 38.1 Å². The normalized spacial score (nSPS) is 14.3. The Morgan fingerprint density at radius 2 is 1.79 bits per heavy atom. The van der Waals surface area contributed by atoms with Gasteiger partial charge in [-0.25, -0.2) is 13.9 Å². The molecule has 5 aromatic rings. The number of fused-ring (bicyclic) bond motifs is 2. The zero-order valence-electron chi connectivity index (χ0n) is 17.9. The predicted octanol–water partition coefficient (Wildman–Crippen LogP) is 3.40. The second-order valence-electron chi connectivity index (χ2n) is 8.12. The third-order valence-corrected chi connectivity index (χ3v) is 6.98. The molecule has 1 N–H and O–H groups in total. The van der Waals surface area contributed by atoms with E-state index < -0.39 is 0 Å². The number of nitrogens with zero attached hydrogens (tertiary/aromatic N) is 5. The molecule has 1 saturated heterocycles. The first-order valence-corrected chi connectivity index (χ1v) is 11.7. The Morgan fingerprint density at radius 3 is 2.56 bits per heavy atom. The number of halogens is 1. The zero-order valence-corrected chi connectivity index (χ0v) is 18.8. The highest BCUT2D eigenvalue weighted by atomic mass is 32.1. The predicted molar refractivity (Wildman–Crippen MR) is 129 cm³/mol. The van der Waals surface area contributed by atoms with Crippen LogP contribution in [-0.2, 0) is 0 Å². The number of H-pyrrole nitrogens is 1. The number of hydrogen-bond acceptors (Lipinski definition) is 6. The molecule has 0 unspecified atom stereocenters. The van der Waals surface area contributed by atoms with Crippen molar-refractivity contribution < 1.29 is 9.18 Å². The number of aromatic amines is 1. The van der Waals surface area contributed by atoms with E-state index in [1.165, 1.54) is 23.5 Å². The first kappa shape index (κ1) is 20.5. The van der Waals surface area contributed by atoms with Crippen LogP contribution in [0, 0.1) is 5.82 Å². The van der Waals surface area contributed by atoms with E-state index >= 15 is 0 Å². The number of amides is 1. The number of imidazole rings is 1. The number of anilines is 1. The number of carbonyl (C=O) groups excluding carboxylic acids is 1. The molecule has 6 rings (SSSR count). The molecule has 1 aliphatic rings. The summed E-state index contributed by atoms with van der Waals surface area (Å²) in [6, 6.07) is 15.2. The second-order valence-corrected chi connectivity index (χ2v) is 9.06. The number of hydrogen-bond donors (Lipinski definition) is 1. The summed E-state index contributed by atoms with van der Waals surface area (Å²) < 4.78 is 14.9. The van der Waals surface area contributed by atoms with Crippen LogP contribution in [0.1, 0.15) is 10.5 Å². The van der Waals surface area contributed by atoms with E-state index in [1.54, 1.807) is 39.7 Å². The number of pyridine rings is 1. The molecule has 8 nitrogen and oxygen atoms in total. The van der Waals surface area contributed by atoms with Gasteiger partial charge >= 0.3 is 0 Å². The maximum Gasteiger partial charge on any atom is 0.270 e. The van der Waals surface area contributed by atoms with Crippen LogP contribution in [0.25, 0.3) is 27.0 Å². The van der Waals surface area contributed by atoms with Crippen molar-refractivity contribution in [3.8, 4) is 11.3 Å². The van der Waals surface area contributed by atoms with Gasteiger partial charge in [-0.05, 0) is 41.8 Å². The lowest BCUT2D eigenvalue weighted by atomic mass is 10.1. The smallest absolute Gasteiger partial charge is 0.270 e. The van der Waals surface area contributed by atoms with Gasteiger partial charge in [-0.2, -0.15) is 0 Å². The van der Waals surface area contributed by atoms with Crippen molar-refractivity contribution in [2.24, 2.45) is 0 Å². The molecule has 4 heterocycles. The van der Waals surface area contributed by atoms with Crippen LogP contribution in [-0.4, -0.2) is 56.6 Å². The second kappa shape index (κ2) is 8.07. The Kier molecular flexibility index (Phi) is 4.88. The maximum atomic E-state index is 13.2. The lowest BCUT2D eigenvalue weighted by Crippen LogP contribution is -2.49. The minimum Gasteiger partial charge on any atom is -0.343 e. The first-order valence-electron chi connectivity index (χ1n) is 10.8. The Morgan fingerprint density at radius 1 is 1.03 bits per heavy atom. The quantitative estimate of drug-likeness (QED) is 0.433. The van der Waals surface area contributed by atoms with E-state index in [-0.39, 0.29) is 17.3 Å². The summed E-state index contributed by atoms with van der Waals surface area (Å²) in [5.74, 6) is -0.463. The van der Waals surface area contributed by atoms with Crippen LogP contribution in [0.5, 0.6) is 0 Å². The molecule has 2 aromatic carbocycles. The minimum atomic E-state index is -0.283. The summed E-state index contributed by atoms with van der Waals surface area (Å²) in [5.41, 5.74) is 1.62. The molecule has 1 fully saturated rings. The van der Waals surface area contributed by atoms with Crippen molar-refractivity contribution in [3.63, 3.8) is 0 Å². The molecule has 10 heteroatoms. The van der Waals surface area contributed by atoms with Crippen LogP contribution in [0.3, 0.4) is 0 Å². The van der Waals surface area contributed by atoms with E-state index in [0.717, 1.165) is 26.7 Å². The van der Waals surface area contributed by atoms with E-state index in [4.69, 9.17) is 0 Å². The first-order chi connectivity index (χ1) is 16.5. The number of carbonyl (C=O) groups is 1. The van der Waals surface area contributed by atoms with Gasteiger partial charge in [-0.15, -0.1) is 5.10 Å². The highest BCUT2D eigenvalue weighted by Gasteiger charge is 2.25. The lowest BCUT2D eigenvalue weighted by Gasteiger charge is -2.34. The standard InChI is InChI=1S/C24H19FN6O2S/c25-17-7-5-15(6-8-17)20-14-31-23(27-20)34-24(28-31)30-11-9-29(10-12-30)22(33)19-13-16-3-1-2-4-18(16)21(32)26-19/h1-8,13-14H,9-12H2,(H,26,32). The zero-order chi connectivity index (χ0) is 23.2. The molecule has 1 aliphatic heterocycles. The Balaban J connectivity index is 1.16. The molecule has 0 radical (unpaired) electrons. The van der Waals surface area contributed by atoms with Gasteiger partial charge in [-0.1, -0.05) is 29.5 Å². The van der Waals surface area contributed by atoms with Gasteiger partial charge in [0.25, 0.3) is 11.5 Å². The number of nitrogens with one attached hydrogen (secondary N) is 1. The summed E-state index contributed by atoms with van der Waals surface area (Å²) in [5, 5.41) is 6.80. The third-order valence-electron chi connectivity index (χ3n) is 5.99. The Hall–Kier alpha value is -4.05. The van der Waals surface area contributed by atoms with Crippen molar-refractivity contribution in [3.05, 3.63) is 82.7 Å². The van der Waals surface area contributed by atoms with Crippen LogP contribution in [0.4, 0.5) is 9.52 Å². The summed E-state index contributed by atoms with van der Waals surface area (Å²) in [6.45, 7) is 2.31. The van der Waals surface area contributed by atoms with E-state index in [9.17, 15) is 14.0 Å². The SMILES string of the molecule is O=C(c1cc2ccccc2c(=O)[nH]1)N1CCN(c2nn3cc(-c4ccc(F)cc4)nc3s2)CC1. The molecule has 170 valence electrons. The van der Waals surface area contributed by atoms with Crippen molar-refractivity contribution in [2.45, 2.75) is 0 Å². The third kappa shape index (κ3) is 3.61. The van der Waals surface area contributed by atoms with Crippen LogP contribution >= 0.6 is 11.3 Å². The fourth-order valence-electron chi connectivity index (χ4n) is 4.17. The average Bonchev–Trinajstić information content (AvgIpc) is 3.44. The molecule has 0 atom stereocenters. The van der Waals surface area contributed by atoms with Crippen LogP contribution in [0.15, 0.2) is 65.6 Å². The van der Waals surface area contributed by atoms with Gasteiger partial charge in [0.1, 0.15) is 11.5 Å². The molecule has 0 spiro atoms. The number of benzene rings is 2. The molecule has 0 saturated carbocycles. The largest absolute Gasteiger partial charge is 0.343 e. The van der Waals surface area contributed by atoms with E-state index in [1.807, 2.05) is 18.3 Å². The molecule has 0 aliphatic carbocycles. The van der Waals surface area contributed by atoms with Gasteiger partial charge in [-0.3, -0.25) is 9.59 Å². The summed E-state index contributed by atoms with van der Waals surface area (Å²) in [7, 11) is 0. The van der Waals surface area contributed by atoms with E-state index in [0.29, 0.717) is 37.3 Å². The molecular weight excluding hydrogens is 455 g/mol. The van der Waals surface area contributed by atoms with Crippen molar-refractivity contribution in [1.29, 1.82) is 0 Å². The topological polar surface area (TPSA) is 86.6 Å². The van der Waals surface area contributed by atoms with Gasteiger partial charge < -0.3 is 14.8 Å². The van der Waals surface area contributed by atoms with Gasteiger partial charge in [0.15, 0.2) is 0 Å². The molecule has 0 bridgehead atoms. The summed E-state index contributed by atoms with van der Waals surface area (Å²) >= 11 is 1.47. The Labute approximate surface area is 196 Å². The molecular formula is C24H19FN6O2S. The van der Waals surface area contributed by atoms with Crippen LogP contribution < -0.4 is 10.5 Å². The highest BCUT2D eigenvalue weighted by molar-refractivity contribution is 7.20. The fraction of sp³-hybridized carbons (Fsp3) is 0.167.